The third-order valence-corrected chi connectivity index (χ3v) is 5.36. The van der Waals surface area contributed by atoms with Crippen molar-refractivity contribution < 1.29 is 4.79 Å². The molecule has 0 radical (unpaired) electrons. The van der Waals surface area contributed by atoms with Crippen molar-refractivity contribution in [3.63, 3.8) is 0 Å². The van der Waals surface area contributed by atoms with Gasteiger partial charge in [0.05, 0.1) is 23.1 Å². The Morgan fingerprint density at radius 1 is 1.08 bits per heavy atom. The van der Waals surface area contributed by atoms with Gasteiger partial charge in [-0.15, -0.1) is 0 Å². The number of likely N-dealkylation sites (N-methyl/N-ethyl adjacent to an activating group) is 1. The second kappa shape index (κ2) is 5.83. The molecule has 4 rings (SSSR count). The van der Waals surface area contributed by atoms with Crippen LogP contribution in [0.3, 0.4) is 0 Å². The summed E-state index contributed by atoms with van der Waals surface area (Å²) >= 11 is 0. The topological polar surface area (TPSA) is 60.1 Å². The number of amides is 1. The molecule has 0 atom stereocenters. The lowest BCUT2D eigenvalue weighted by atomic mass is 10.1. The molecule has 1 aliphatic heterocycles. The van der Waals surface area contributed by atoms with Crippen LogP contribution < -0.4 is 5.56 Å². The van der Waals surface area contributed by atoms with Gasteiger partial charge in [0, 0.05) is 20.1 Å². The predicted octanol–water partition coefficient (Wildman–Crippen LogP) is 2.26. The Bertz CT molecular complexity index is 1110. The minimum atomic E-state index is -0.135. The number of benzene rings is 1. The van der Waals surface area contributed by atoms with Crippen molar-refractivity contribution in [2.24, 2.45) is 0 Å². The number of rotatable bonds is 2. The molecule has 0 spiro atoms. The third-order valence-electron chi connectivity index (χ3n) is 5.36. The van der Waals surface area contributed by atoms with E-state index in [2.05, 4.69) is 5.10 Å². The number of hydrogen-bond acceptors (Lipinski definition) is 3. The summed E-state index contributed by atoms with van der Waals surface area (Å²) in [6.07, 6.45) is 0. The summed E-state index contributed by atoms with van der Waals surface area (Å²) in [6.45, 7) is 7.56. The zero-order valence-corrected chi connectivity index (χ0v) is 15.5. The quantitative estimate of drug-likeness (QED) is 0.712. The lowest BCUT2D eigenvalue weighted by Crippen LogP contribution is -2.37. The van der Waals surface area contributed by atoms with Crippen molar-refractivity contribution >= 4 is 16.8 Å². The van der Waals surface area contributed by atoms with Crippen LogP contribution in [0.15, 0.2) is 29.1 Å². The maximum absolute atomic E-state index is 13.2. The molecule has 0 saturated heterocycles. The van der Waals surface area contributed by atoms with Crippen LogP contribution in [0.1, 0.15) is 32.9 Å². The summed E-state index contributed by atoms with van der Waals surface area (Å²) in [7, 11) is 1.80. The number of carbonyl (C=O) groups excluding carboxylic acids is 1. The number of carbonyl (C=O) groups is 1. The Hall–Kier alpha value is -2.89. The summed E-state index contributed by atoms with van der Waals surface area (Å²) < 4.78 is 3.49. The van der Waals surface area contributed by atoms with E-state index in [1.165, 1.54) is 4.68 Å². The van der Waals surface area contributed by atoms with E-state index in [0.717, 1.165) is 27.9 Å². The summed E-state index contributed by atoms with van der Waals surface area (Å²) in [5.41, 5.74) is 5.01. The van der Waals surface area contributed by atoms with Crippen LogP contribution in [0.25, 0.3) is 10.9 Å². The second-order valence-electron chi connectivity index (χ2n) is 7.05. The number of aromatic nitrogens is 3. The molecule has 1 aromatic carbocycles. The molecule has 26 heavy (non-hydrogen) atoms. The standard InChI is InChI=1S/C20H22N4O2/c1-12-7-5-6-8-15(12)11-24-19(25)16-13(2)17-20(26)22(4)9-10-23(17)18(16)14(3)21-24/h5-8H,9-11H2,1-4H3. The molecule has 6 heteroatoms. The highest BCUT2D eigenvalue weighted by Crippen LogP contribution is 2.28. The summed E-state index contributed by atoms with van der Waals surface area (Å²) in [4.78, 5) is 27.5. The fourth-order valence-electron chi connectivity index (χ4n) is 3.87. The molecule has 0 unspecified atom stereocenters. The van der Waals surface area contributed by atoms with E-state index in [9.17, 15) is 9.59 Å². The lowest BCUT2D eigenvalue weighted by molar-refractivity contribution is 0.0750. The molecule has 3 heterocycles. The average Bonchev–Trinajstić information content (AvgIpc) is 2.91. The summed E-state index contributed by atoms with van der Waals surface area (Å²) in [5, 5.41) is 5.18. The molecule has 134 valence electrons. The van der Waals surface area contributed by atoms with E-state index in [0.29, 0.717) is 30.7 Å². The Balaban J connectivity index is 1.96. The van der Waals surface area contributed by atoms with Gasteiger partial charge in [0.15, 0.2) is 0 Å². The zero-order chi connectivity index (χ0) is 18.6. The Kier molecular flexibility index (Phi) is 3.72. The highest BCUT2D eigenvalue weighted by Gasteiger charge is 2.29. The molecular weight excluding hydrogens is 328 g/mol. The molecule has 6 nitrogen and oxygen atoms in total. The molecule has 3 aromatic rings. The Morgan fingerprint density at radius 2 is 1.81 bits per heavy atom. The first kappa shape index (κ1) is 16.6. The first-order chi connectivity index (χ1) is 12.4. The molecular formula is C20H22N4O2. The third kappa shape index (κ3) is 2.29. The Morgan fingerprint density at radius 3 is 2.54 bits per heavy atom. The number of aryl methyl sites for hydroxylation is 3. The lowest BCUT2D eigenvalue weighted by Gasteiger charge is -2.25. The molecule has 0 aliphatic carbocycles. The van der Waals surface area contributed by atoms with Crippen molar-refractivity contribution in [3.05, 3.63) is 62.7 Å². The normalized spacial score (nSPS) is 14.2. The minimum absolute atomic E-state index is 0.0331. The number of nitrogens with zero attached hydrogens (tertiary/aromatic N) is 4. The van der Waals surface area contributed by atoms with Crippen LogP contribution >= 0.6 is 0 Å². The number of fused-ring (bicyclic) bond motifs is 3. The Labute approximate surface area is 151 Å². The van der Waals surface area contributed by atoms with Gasteiger partial charge < -0.3 is 9.47 Å². The van der Waals surface area contributed by atoms with Crippen LogP contribution in [0.4, 0.5) is 0 Å². The smallest absolute Gasteiger partial charge is 0.276 e. The highest BCUT2D eigenvalue weighted by molar-refractivity contribution is 6.02. The first-order valence-electron chi connectivity index (χ1n) is 8.80. The molecule has 0 saturated carbocycles. The van der Waals surface area contributed by atoms with Crippen LogP contribution in [-0.2, 0) is 13.1 Å². The SMILES string of the molecule is Cc1ccccc1Cn1nc(C)c2c(c(C)c3n2CCN(C)C3=O)c1=O. The fraction of sp³-hybridized carbons (Fsp3) is 0.350. The van der Waals surface area contributed by atoms with Crippen LogP contribution in [0, 0.1) is 20.8 Å². The van der Waals surface area contributed by atoms with Gasteiger partial charge in [-0.1, -0.05) is 24.3 Å². The van der Waals surface area contributed by atoms with E-state index >= 15 is 0 Å². The van der Waals surface area contributed by atoms with Crippen molar-refractivity contribution in [2.75, 3.05) is 13.6 Å². The first-order valence-corrected chi connectivity index (χ1v) is 8.80. The highest BCUT2D eigenvalue weighted by atomic mass is 16.2. The molecule has 1 aliphatic rings. The van der Waals surface area contributed by atoms with E-state index in [4.69, 9.17) is 0 Å². The van der Waals surface area contributed by atoms with Gasteiger partial charge in [0.1, 0.15) is 5.69 Å². The van der Waals surface area contributed by atoms with Gasteiger partial charge >= 0.3 is 0 Å². The van der Waals surface area contributed by atoms with Gasteiger partial charge in [-0.3, -0.25) is 9.59 Å². The minimum Gasteiger partial charge on any atom is -0.339 e. The van der Waals surface area contributed by atoms with Crippen LogP contribution in [-0.4, -0.2) is 38.7 Å². The average molecular weight is 350 g/mol. The van der Waals surface area contributed by atoms with E-state index < -0.39 is 0 Å². The van der Waals surface area contributed by atoms with E-state index in [1.54, 1.807) is 11.9 Å². The maximum Gasteiger partial charge on any atom is 0.276 e. The molecule has 2 aromatic heterocycles. The van der Waals surface area contributed by atoms with Gasteiger partial charge in [-0.05, 0) is 37.5 Å². The van der Waals surface area contributed by atoms with Gasteiger partial charge in [-0.25, -0.2) is 4.68 Å². The van der Waals surface area contributed by atoms with Gasteiger partial charge in [0.25, 0.3) is 11.5 Å². The van der Waals surface area contributed by atoms with E-state index in [-0.39, 0.29) is 11.5 Å². The van der Waals surface area contributed by atoms with Crippen molar-refractivity contribution in [1.29, 1.82) is 0 Å². The van der Waals surface area contributed by atoms with Gasteiger partial charge in [0.2, 0.25) is 0 Å². The van der Waals surface area contributed by atoms with E-state index in [1.807, 2.05) is 49.6 Å². The van der Waals surface area contributed by atoms with Crippen LogP contribution in [0.5, 0.6) is 0 Å². The molecule has 0 N–H and O–H groups in total. The molecule has 1 amide bonds. The zero-order valence-electron chi connectivity index (χ0n) is 15.5. The molecule has 0 fully saturated rings. The fourth-order valence-corrected chi connectivity index (χ4v) is 3.87. The predicted molar refractivity (Wildman–Crippen MR) is 101 cm³/mol. The second-order valence-corrected chi connectivity index (χ2v) is 7.05. The van der Waals surface area contributed by atoms with Crippen molar-refractivity contribution in [1.82, 2.24) is 19.2 Å². The van der Waals surface area contributed by atoms with Gasteiger partial charge in [-0.2, -0.15) is 5.10 Å². The largest absolute Gasteiger partial charge is 0.339 e. The number of hydrogen-bond donors (Lipinski definition) is 0. The molecule has 0 bridgehead atoms. The summed E-state index contributed by atoms with van der Waals surface area (Å²) in [5.74, 6) is -0.0331. The van der Waals surface area contributed by atoms with Crippen LogP contribution in [0.2, 0.25) is 0 Å². The maximum atomic E-state index is 13.2. The monoisotopic (exact) mass is 350 g/mol. The summed E-state index contributed by atoms with van der Waals surface area (Å²) in [6, 6.07) is 7.99. The van der Waals surface area contributed by atoms with Crippen molar-refractivity contribution in [2.45, 2.75) is 33.9 Å². The van der Waals surface area contributed by atoms with Crippen molar-refractivity contribution in [3.8, 4) is 0 Å².